The van der Waals surface area contributed by atoms with Gasteiger partial charge in [0.25, 0.3) is 0 Å². The van der Waals surface area contributed by atoms with Crippen LogP contribution in [0.15, 0.2) is 34.8 Å². The molecule has 8 heavy (non-hydrogen) atoms. The van der Waals surface area contributed by atoms with Gasteiger partial charge in [-0.1, -0.05) is 30.8 Å². The predicted molar refractivity (Wildman–Crippen MR) is 42.2 cm³/mol. The predicted octanol–water partition coefficient (Wildman–Crippen LogP) is 3.20. The van der Waals surface area contributed by atoms with E-state index in [-0.39, 0.29) is 0 Å². The van der Waals surface area contributed by atoms with E-state index < -0.39 is 0 Å². The van der Waals surface area contributed by atoms with Crippen LogP contribution in [0.2, 0.25) is 0 Å². The van der Waals surface area contributed by atoms with Crippen LogP contribution in [0.25, 0.3) is 0 Å². The fraction of sp³-hybridized carbons (Fsp3) is 0. The number of hydrogen-bond acceptors (Lipinski definition) is 0. The lowest BCUT2D eigenvalue weighted by Crippen LogP contribution is -1.63. The van der Waals surface area contributed by atoms with Crippen molar-refractivity contribution < 1.29 is 0 Å². The van der Waals surface area contributed by atoms with Crippen molar-refractivity contribution in [3.8, 4) is 0 Å². The molecule has 0 nitrogen and oxygen atoms in total. The van der Waals surface area contributed by atoms with Gasteiger partial charge in [0.05, 0.1) is 5.03 Å². The molecule has 0 radical (unpaired) electrons. The van der Waals surface area contributed by atoms with Crippen LogP contribution < -0.4 is 0 Å². The first-order valence-corrected chi connectivity index (χ1v) is 3.18. The molecule has 0 saturated carbocycles. The van der Waals surface area contributed by atoms with Gasteiger partial charge in [-0.15, -0.1) is 0 Å². The fourth-order valence-electron chi connectivity index (χ4n) is 0.194. The minimum absolute atomic E-state index is 0.583. The van der Waals surface area contributed by atoms with Gasteiger partial charge in [-0.25, -0.2) is 0 Å². The molecule has 0 bridgehead atoms. The van der Waals surface area contributed by atoms with Gasteiger partial charge in [0.2, 0.25) is 0 Å². The normalized spacial score (nSPS) is 11.0. The van der Waals surface area contributed by atoms with Crippen molar-refractivity contribution in [2.75, 3.05) is 0 Å². The molecular weight excluding hydrogens is 187 g/mol. The van der Waals surface area contributed by atoms with Crippen LogP contribution in [-0.2, 0) is 0 Å². The second-order valence-corrected chi connectivity index (χ2v) is 2.52. The number of halogens is 2. The van der Waals surface area contributed by atoms with Crippen LogP contribution in [0.3, 0.4) is 0 Å². The Balaban J connectivity index is 3.99. The molecule has 44 valence electrons. The lowest BCUT2D eigenvalue weighted by molar-refractivity contribution is 1.87. The first-order valence-electron chi connectivity index (χ1n) is 2.01. The molecule has 2 heteroatoms. The highest BCUT2D eigenvalue weighted by atomic mass is 79.9. The van der Waals surface area contributed by atoms with Crippen molar-refractivity contribution in [2.24, 2.45) is 0 Å². The summed E-state index contributed by atoms with van der Waals surface area (Å²) in [5, 5.41) is 0.583. The molecule has 0 aromatic heterocycles. The first-order chi connectivity index (χ1) is 3.68. The molecule has 0 rings (SSSR count). The van der Waals surface area contributed by atoms with Gasteiger partial charge in [-0.05, 0) is 22.0 Å². The van der Waals surface area contributed by atoms with Gasteiger partial charge >= 0.3 is 0 Å². The quantitative estimate of drug-likeness (QED) is 0.591. The highest BCUT2D eigenvalue weighted by molar-refractivity contribution is 9.12. The average Bonchev–Trinajstić information content (AvgIpc) is 1.67. The van der Waals surface area contributed by atoms with Crippen molar-refractivity contribution in [1.29, 1.82) is 0 Å². The summed E-state index contributed by atoms with van der Waals surface area (Å²) in [5.74, 6) is 0. The average molecular weight is 193 g/mol. The molecule has 0 saturated heterocycles. The molecule has 0 atom stereocenters. The van der Waals surface area contributed by atoms with E-state index >= 15 is 0 Å². The first kappa shape index (κ1) is 7.99. The van der Waals surface area contributed by atoms with Gasteiger partial charge < -0.3 is 0 Å². The Morgan fingerprint density at radius 1 is 1.62 bits per heavy atom. The monoisotopic (exact) mass is 192 g/mol. The third kappa shape index (κ3) is 3.05. The minimum Gasteiger partial charge on any atom is -0.0990 e. The highest BCUT2D eigenvalue weighted by Crippen LogP contribution is 2.17. The Morgan fingerprint density at radius 2 is 2.12 bits per heavy atom. The lowest BCUT2D eigenvalue weighted by atomic mass is 10.5. The van der Waals surface area contributed by atoms with Crippen LogP contribution in [0.5, 0.6) is 0 Å². The molecule has 0 aromatic carbocycles. The van der Waals surface area contributed by atoms with E-state index in [1.807, 2.05) is 0 Å². The molecule has 0 amide bonds. The van der Waals surface area contributed by atoms with Gasteiger partial charge in [0.1, 0.15) is 0 Å². The van der Waals surface area contributed by atoms with Crippen molar-refractivity contribution in [1.82, 2.24) is 0 Å². The summed E-state index contributed by atoms with van der Waals surface area (Å²) >= 11 is 8.66. The zero-order valence-electron chi connectivity index (χ0n) is 4.32. The molecule has 0 spiro atoms. The molecule has 0 heterocycles. The van der Waals surface area contributed by atoms with Gasteiger partial charge in [-0.2, -0.15) is 0 Å². The Bertz CT molecular complexity index is 135. The molecule has 0 aliphatic carbocycles. The van der Waals surface area contributed by atoms with Gasteiger partial charge in [0.15, 0.2) is 0 Å². The fourth-order valence-corrected chi connectivity index (χ4v) is 0.415. The smallest absolute Gasteiger partial charge is 0.0541 e. The zero-order chi connectivity index (χ0) is 6.57. The molecular formula is C6H6BrCl. The van der Waals surface area contributed by atoms with E-state index in [2.05, 4.69) is 29.1 Å². The summed E-state index contributed by atoms with van der Waals surface area (Å²) in [6.07, 6.45) is 3.27. The maximum atomic E-state index is 5.56. The molecule has 0 aliphatic heterocycles. The summed E-state index contributed by atoms with van der Waals surface area (Å²) in [7, 11) is 0. The van der Waals surface area contributed by atoms with E-state index in [0.29, 0.717) is 9.51 Å². The standard InChI is InChI=1S/C6H6BrCl/c1-3-4-6(8)5(2)7/h3-4H,1-2H2/b6-4+. The Morgan fingerprint density at radius 3 is 2.25 bits per heavy atom. The Hall–Kier alpha value is -0.0100. The molecule has 0 fully saturated rings. The van der Waals surface area contributed by atoms with E-state index in [4.69, 9.17) is 11.6 Å². The lowest BCUT2D eigenvalue weighted by Gasteiger charge is -1.87. The molecule has 0 unspecified atom stereocenters. The van der Waals surface area contributed by atoms with Crippen LogP contribution in [0, 0.1) is 0 Å². The van der Waals surface area contributed by atoms with E-state index in [9.17, 15) is 0 Å². The number of rotatable bonds is 2. The second-order valence-electron chi connectivity index (χ2n) is 1.16. The molecule has 0 aliphatic rings. The maximum Gasteiger partial charge on any atom is 0.0541 e. The maximum absolute atomic E-state index is 5.56. The largest absolute Gasteiger partial charge is 0.0990 e. The van der Waals surface area contributed by atoms with Crippen molar-refractivity contribution in [3.05, 3.63) is 34.8 Å². The third-order valence-corrected chi connectivity index (χ3v) is 1.53. The van der Waals surface area contributed by atoms with Gasteiger partial charge in [-0.3, -0.25) is 0 Å². The molecule has 0 N–H and O–H groups in total. The second kappa shape index (κ2) is 3.93. The Kier molecular flexibility index (Phi) is 3.92. The van der Waals surface area contributed by atoms with Crippen molar-refractivity contribution >= 4 is 27.5 Å². The number of allylic oxidation sites excluding steroid dienone is 4. The summed E-state index contributed by atoms with van der Waals surface area (Å²) in [6, 6.07) is 0. The highest BCUT2D eigenvalue weighted by Gasteiger charge is 1.88. The van der Waals surface area contributed by atoms with E-state index in [1.54, 1.807) is 12.2 Å². The summed E-state index contributed by atoms with van der Waals surface area (Å²) < 4.78 is 0.680. The zero-order valence-corrected chi connectivity index (χ0v) is 6.67. The molecule has 0 aromatic rings. The van der Waals surface area contributed by atoms with Crippen molar-refractivity contribution in [2.45, 2.75) is 0 Å². The van der Waals surface area contributed by atoms with E-state index in [0.717, 1.165) is 0 Å². The number of hydrogen-bond donors (Lipinski definition) is 0. The minimum atomic E-state index is 0.583. The summed E-state index contributed by atoms with van der Waals surface area (Å²) in [5.41, 5.74) is 0. The van der Waals surface area contributed by atoms with Gasteiger partial charge in [0, 0.05) is 4.48 Å². The van der Waals surface area contributed by atoms with E-state index in [1.165, 1.54) is 0 Å². The van der Waals surface area contributed by atoms with Crippen LogP contribution in [0.1, 0.15) is 0 Å². The van der Waals surface area contributed by atoms with Crippen molar-refractivity contribution in [3.63, 3.8) is 0 Å². The van der Waals surface area contributed by atoms with Crippen LogP contribution in [0.4, 0.5) is 0 Å². The SMILES string of the molecule is C=C/C=C(/Cl)C(=C)Br. The van der Waals surface area contributed by atoms with Crippen LogP contribution in [-0.4, -0.2) is 0 Å². The third-order valence-electron chi connectivity index (χ3n) is 0.523. The summed E-state index contributed by atoms with van der Waals surface area (Å²) in [4.78, 5) is 0. The summed E-state index contributed by atoms with van der Waals surface area (Å²) in [6.45, 7) is 7.00. The van der Waals surface area contributed by atoms with Crippen LogP contribution >= 0.6 is 27.5 Å². The topological polar surface area (TPSA) is 0 Å². The Labute approximate surface area is 62.7 Å².